The molecule has 1 fully saturated rings. The van der Waals surface area contributed by atoms with Crippen molar-refractivity contribution in [2.75, 3.05) is 38.2 Å². The van der Waals surface area contributed by atoms with Crippen LogP contribution in [0.5, 0.6) is 5.75 Å². The topological polar surface area (TPSA) is 63.7 Å². The van der Waals surface area contributed by atoms with Crippen LogP contribution in [0.4, 0.5) is 5.13 Å². The van der Waals surface area contributed by atoms with E-state index in [1.54, 1.807) is 0 Å². The molecule has 1 saturated heterocycles. The van der Waals surface area contributed by atoms with Crippen molar-refractivity contribution in [3.8, 4) is 5.75 Å². The summed E-state index contributed by atoms with van der Waals surface area (Å²) in [4.78, 5) is 19.1. The summed E-state index contributed by atoms with van der Waals surface area (Å²) in [5.74, 6) is 0.464. The van der Waals surface area contributed by atoms with E-state index in [0.29, 0.717) is 10.9 Å². The lowest BCUT2D eigenvalue weighted by molar-refractivity contribution is -0.118. The van der Waals surface area contributed by atoms with E-state index in [-0.39, 0.29) is 12.5 Å². The smallest absolute Gasteiger partial charge is 0.264 e. The number of carbonyl (C=O) groups excluding carboxylic acids is 1. The molecule has 2 heterocycles. The van der Waals surface area contributed by atoms with Gasteiger partial charge in [-0.3, -0.25) is 15.0 Å². The molecular formula is C21H23N3O3S. The van der Waals surface area contributed by atoms with Gasteiger partial charge in [-0.1, -0.05) is 35.1 Å². The average Bonchev–Trinajstić information content (AvgIpc) is 3.10. The van der Waals surface area contributed by atoms with Crippen molar-refractivity contribution in [2.24, 2.45) is 0 Å². The summed E-state index contributed by atoms with van der Waals surface area (Å²) in [6.07, 6.45) is 0. The number of benzene rings is 2. The number of carbonyl (C=O) groups is 1. The largest absolute Gasteiger partial charge is 0.484 e. The maximum Gasteiger partial charge on any atom is 0.264 e. The first-order valence-corrected chi connectivity index (χ1v) is 10.2. The predicted octanol–water partition coefficient (Wildman–Crippen LogP) is 3.45. The first kappa shape index (κ1) is 18.9. The Morgan fingerprint density at radius 1 is 1.21 bits per heavy atom. The second-order valence-corrected chi connectivity index (χ2v) is 7.89. The van der Waals surface area contributed by atoms with Crippen LogP contribution in [0.3, 0.4) is 0 Å². The van der Waals surface area contributed by atoms with Crippen LogP contribution in [-0.4, -0.2) is 48.7 Å². The molecule has 2 aromatic carbocycles. The molecule has 6 nitrogen and oxygen atoms in total. The monoisotopic (exact) mass is 397 g/mol. The fourth-order valence-electron chi connectivity index (χ4n) is 3.08. The average molecular weight is 398 g/mol. The van der Waals surface area contributed by atoms with Crippen LogP contribution < -0.4 is 10.1 Å². The van der Waals surface area contributed by atoms with Gasteiger partial charge in [-0.15, -0.1) is 0 Å². The Morgan fingerprint density at radius 3 is 2.79 bits per heavy atom. The van der Waals surface area contributed by atoms with Crippen LogP contribution in [0.15, 0.2) is 42.5 Å². The minimum atomic E-state index is -0.215. The number of fused-ring (bicyclic) bond motifs is 1. The summed E-state index contributed by atoms with van der Waals surface area (Å²) >= 11 is 1.48. The van der Waals surface area contributed by atoms with E-state index in [1.807, 2.05) is 37.3 Å². The number of hydrogen-bond acceptors (Lipinski definition) is 6. The molecule has 1 N–H and O–H groups in total. The molecule has 0 unspecified atom stereocenters. The number of nitrogens with one attached hydrogen (secondary N) is 1. The van der Waals surface area contributed by atoms with Crippen LogP contribution in [0.1, 0.15) is 11.1 Å². The van der Waals surface area contributed by atoms with Crippen LogP contribution in [0.25, 0.3) is 10.2 Å². The quantitative estimate of drug-likeness (QED) is 0.690. The minimum absolute atomic E-state index is 0.0404. The van der Waals surface area contributed by atoms with Crippen LogP contribution >= 0.6 is 11.3 Å². The number of aromatic nitrogens is 1. The van der Waals surface area contributed by atoms with Gasteiger partial charge >= 0.3 is 0 Å². The summed E-state index contributed by atoms with van der Waals surface area (Å²) in [5.41, 5.74) is 3.29. The van der Waals surface area contributed by atoms with Gasteiger partial charge in [0.05, 0.1) is 23.4 Å². The van der Waals surface area contributed by atoms with Crippen molar-refractivity contribution < 1.29 is 14.3 Å². The molecule has 1 aliphatic rings. The molecule has 0 aliphatic carbocycles. The van der Waals surface area contributed by atoms with Gasteiger partial charge in [-0.2, -0.15) is 0 Å². The van der Waals surface area contributed by atoms with Crippen LogP contribution in [0.2, 0.25) is 0 Å². The van der Waals surface area contributed by atoms with Crippen molar-refractivity contribution in [2.45, 2.75) is 13.5 Å². The van der Waals surface area contributed by atoms with E-state index in [9.17, 15) is 4.79 Å². The highest BCUT2D eigenvalue weighted by atomic mass is 32.1. The third-order valence-electron chi connectivity index (χ3n) is 4.60. The molecule has 1 amide bonds. The first-order chi connectivity index (χ1) is 13.7. The van der Waals surface area contributed by atoms with Crippen molar-refractivity contribution in [1.82, 2.24) is 9.88 Å². The lowest BCUT2D eigenvalue weighted by atomic mass is 10.2. The molecule has 28 heavy (non-hydrogen) atoms. The third kappa shape index (κ3) is 4.86. The zero-order valence-electron chi connectivity index (χ0n) is 15.8. The number of morpholine rings is 1. The molecular weight excluding hydrogens is 374 g/mol. The summed E-state index contributed by atoms with van der Waals surface area (Å²) < 4.78 is 12.0. The van der Waals surface area contributed by atoms with Gasteiger partial charge in [0.15, 0.2) is 11.7 Å². The van der Waals surface area contributed by atoms with Crippen molar-refractivity contribution in [1.29, 1.82) is 0 Å². The lowest BCUT2D eigenvalue weighted by Crippen LogP contribution is -2.35. The maximum absolute atomic E-state index is 12.2. The number of hydrogen-bond donors (Lipinski definition) is 1. The Bertz CT molecular complexity index is 949. The van der Waals surface area contributed by atoms with E-state index < -0.39 is 0 Å². The van der Waals surface area contributed by atoms with Gasteiger partial charge in [0, 0.05) is 19.6 Å². The molecule has 7 heteroatoms. The van der Waals surface area contributed by atoms with E-state index in [2.05, 4.69) is 27.3 Å². The highest BCUT2D eigenvalue weighted by molar-refractivity contribution is 7.22. The van der Waals surface area contributed by atoms with Gasteiger partial charge in [-0.25, -0.2) is 4.98 Å². The van der Waals surface area contributed by atoms with Crippen molar-refractivity contribution in [3.05, 3.63) is 53.6 Å². The number of aryl methyl sites for hydroxylation is 1. The Labute approximate surface area is 168 Å². The number of thiazole rings is 1. The Hall–Kier alpha value is -2.48. The summed E-state index contributed by atoms with van der Waals surface area (Å²) in [5, 5.41) is 3.42. The van der Waals surface area contributed by atoms with Gasteiger partial charge in [0.25, 0.3) is 5.91 Å². The van der Waals surface area contributed by atoms with E-state index in [0.717, 1.165) is 48.6 Å². The van der Waals surface area contributed by atoms with Crippen molar-refractivity contribution in [3.63, 3.8) is 0 Å². The molecule has 0 bridgehead atoms. The molecule has 0 radical (unpaired) electrons. The standard InChI is InChI=1S/C21H23N3O3S/c1-15-2-5-17(6-3-15)27-14-20(25)23-21-22-18-7-4-16(12-19(18)28-21)13-24-8-10-26-11-9-24/h2-7,12H,8-11,13-14H2,1H3,(H,22,23,25). The summed E-state index contributed by atoms with van der Waals surface area (Å²) in [6.45, 7) is 6.39. The number of anilines is 1. The van der Waals surface area contributed by atoms with Crippen LogP contribution in [-0.2, 0) is 16.1 Å². The van der Waals surface area contributed by atoms with E-state index in [1.165, 1.54) is 16.9 Å². The lowest BCUT2D eigenvalue weighted by Gasteiger charge is -2.26. The van der Waals surface area contributed by atoms with E-state index >= 15 is 0 Å². The molecule has 1 aromatic heterocycles. The fraction of sp³-hybridized carbons (Fsp3) is 0.333. The Kier molecular flexibility index (Phi) is 5.85. The highest BCUT2D eigenvalue weighted by Crippen LogP contribution is 2.27. The Morgan fingerprint density at radius 2 is 2.00 bits per heavy atom. The van der Waals surface area contributed by atoms with Crippen LogP contribution in [0, 0.1) is 6.92 Å². The highest BCUT2D eigenvalue weighted by Gasteiger charge is 2.13. The number of amides is 1. The molecule has 0 atom stereocenters. The zero-order chi connectivity index (χ0) is 19.3. The maximum atomic E-state index is 12.2. The van der Waals surface area contributed by atoms with Gasteiger partial charge in [0.1, 0.15) is 5.75 Å². The molecule has 4 rings (SSSR count). The van der Waals surface area contributed by atoms with Gasteiger partial charge in [-0.05, 0) is 36.8 Å². The fourth-order valence-corrected chi connectivity index (χ4v) is 4.02. The predicted molar refractivity (Wildman–Crippen MR) is 111 cm³/mol. The normalized spacial score (nSPS) is 14.9. The van der Waals surface area contributed by atoms with Gasteiger partial charge in [0.2, 0.25) is 0 Å². The minimum Gasteiger partial charge on any atom is -0.484 e. The summed E-state index contributed by atoms with van der Waals surface area (Å²) in [6, 6.07) is 13.9. The molecule has 3 aromatic rings. The number of ether oxygens (including phenoxy) is 2. The zero-order valence-corrected chi connectivity index (χ0v) is 16.6. The number of nitrogens with zero attached hydrogens (tertiary/aromatic N) is 2. The molecule has 1 aliphatic heterocycles. The van der Waals surface area contributed by atoms with E-state index in [4.69, 9.17) is 9.47 Å². The second-order valence-electron chi connectivity index (χ2n) is 6.86. The third-order valence-corrected chi connectivity index (χ3v) is 5.53. The molecule has 0 saturated carbocycles. The molecule has 146 valence electrons. The Balaban J connectivity index is 1.35. The molecule has 0 spiro atoms. The number of rotatable bonds is 6. The van der Waals surface area contributed by atoms with Gasteiger partial charge < -0.3 is 9.47 Å². The SMILES string of the molecule is Cc1ccc(OCC(=O)Nc2nc3ccc(CN4CCOCC4)cc3s2)cc1. The summed E-state index contributed by atoms with van der Waals surface area (Å²) in [7, 11) is 0. The van der Waals surface area contributed by atoms with Crippen molar-refractivity contribution >= 4 is 32.6 Å². The first-order valence-electron chi connectivity index (χ1n) is 9.34. The second kappa shape index (κ2) is 8.68.